The van der Waals surface area contributed by atoms with Crippen molar-refractivity contribution in [1.29, 1.82) is 0 Å². The summed E-state index contributed by atoms with van der Waals surface area (Å²) in [5, 5.41) is 22.9. The lowest BCUT2D eigenvalue weighted by Crippen LogP contribution is -2.40. The van der Waals surface area contributed by atoms with E-state index in [1.807, 2.05) is 0 Å². The van der Waals surface area contributed by atoms with E-state index in [2.05, 4.69) is 64.8 Å². The molecular weight excluding hydrogens is 360 g/mol. The van der Waals surface area contributed by atoms with Gasteiger partial charge in [0.25, 0.3) is 0 Å². The van der Waals surface area contributed by atoms with Gasteiger partial charge in [-0.1, -0.05) is 48.5 Å². The highest BCUT2D eigenvalue weighted by Crippen LogP contribution is 2.48. The number of nitrogens with zero attached hydrogens (tertiary/aromatic N) is 4. The maximum absolute atomic E-state index is 12.1. The number of hydrogen-bond acceptors (Lipinski definition) is 3. The van der Waals surface area contributed by atoms with Crippen molar-refractivity contribution in [2.45, 2.75) is 0 Å². The zero-order valence-corrected chi connectivity index (χ0v) is 15.9. The van der Waals surface area contributed by atoms with E-state index < -0.39 is 0 Å². The zero-order chi connectivity index (χ0) is 19.4. The SMILES string of the molecule is CN1[N+]=C(c2cc3ccc4ccc5ccc6ccc2c2c6c5c4c32)N=[N+](C)C1=O. The molecule has 1 radical (unpaired) electrons. The molecule has 1 aliphatic heterocycles. The quantitative estimate of drug-likeness (QED) is 0.297. The van der Waals surface area contributed by atoms with E-state index in [-0.39, 0.29) is 6.03 Å². The molecule has 1 heterocycles. The summed E-state index contributed by atoms with van der Waals surface area (Å²) in [6.45, 7) is 0. The van der Waals surface area contributed by atoms with Crippen molar-refractivity contribution in [1.82, 2.24) is 10.1 Å². The number of benzene rings is 5. The minimum Gasteiger partial charge on any atom is -0.190 e. The van der Waals surface area contributed by atoms with E-state index in [0.717, 1.165) is 10.9 Å². The molecule has 0 saturated heterocycles. The van der Waals surface area contributed by atoms with Crippen LogP contribution in [0.3, 0.4) is 0 Å². The van der Waals surface area contributed by atoms with E-state index in [4.69, 9.17) is 0 Å². The number of hydrogen-bond donors (Lipinski definition) is 0. The van der Waals surface area contributed by atoms with Gasteiger partial charge >= 0.3 is 11.9 Å². The summed E-state index contributed by atoms with van der Waals surface area (Å²) in [5.74, 6) is 0.555. The first kappa shape index (κ1) is 15.1. The minimum absolute atomic E-state index is 0.246. The van der Waals surface area contributed by atoms with Crippen molar-refractivity contribution in [3.05, 3.63) is 60.2 Å². The third-order valence-corrected chi connectivity index (χ3v) is 6.30. The van der Waals surface area contributed by atoms with Gasteiger partial charge in [0.05, 0.1) is 5.56 Å². The first-order valence-electron chi connectivity index (χ1n) is 9.61. The Labute approximate surface area is 165 Å². The predicted molar refractivity (Wildman–Crippen MR) is 116 cm³/mol. The highest BCUT2D eigenvalue weighted by Gasteiger charge is 2.39. The van der Waals surface area contributed by atoms with Crippen LogP contribution in [0.2, 0.25) is 0 Å². The van der Waals surface area contributed by atoms with E-state index in [1.54, 1.807) is 14.1 Å². The van der Waals surface area contributed by atoms with Crippen LogP contribution >= 0.6 is 0 Å². The molecular formula is C24H15N4O+2. The van der Waals surface area contributed by atoms with Crippen LogP contribution in [0.15, 0.2) is 59.7 Å². The molecule has 6 aromatic rings. The van der Waals surface area contributed by atoms with Crippen molar-refractivity contribution >= 4 is 65.7 Å². The molecule has 0 fully saturated rings. The lowest BCUT2D eigenvalue weighted by molar-refractivity contribution is -0.472. The van der Waals surface area contributed by atoms with Crippen LogP contribution in [0, 0.1) is 0 Å². The van der Waals surface area contributed by atoms with E-state index in [1.165, 1.54) is 58.2 Å². The number of hydrazone groups is 1. The second kappa shape index (κ2) is 4.75. The van der Waals surface area contributed by atoms with Gasteiger partial charge in [-0.2, -0.15) is 4.79 Å². The Hall–Kier alpha value is -3.86. The maximum Gasteiger partial charge on any atom is 0.577 e. The topological polar surface area (TPSA) is 49.8 Å². The first-order valence-corrected chi connectivity index (χ1v) is 9.61. The van der Waals surface area contributed by atoms with Gasteiger partial charge in [-0.15, -0.1) is 0 Å². The fraction of sp³-hybridized carbons (Fsp3) is 0.0833. The van der Waals surface area contributed by atoms with Gasteiger partial charge in [-0.25, -0.2) is 0 Å². The summed E-state index contributed by atoms with van der Waals surface area (Å²) in [6, 6.07) is 19.5. The monoisotopic (exact) mass is 375 g/mol. The molecule has 1 aliphatic rings. The molecule has 29 heavy (non-hydrogen) atoms. The Morgan fingerprint density at radius 3 is 1.93 bits per heavy atom. The molecule has 0 aliphatic carbocycles. The Morgan fingerprint density at radius 2 is 1.31 bits per heavy atom. The highest BCUT2D eigenvalue weighted by molar-refractivity contribution is 6.45. The third kappa shape index (κ3) is 1.67. The van der Waals surface area contributed by atoms with E-state index >= 15 is 0 Å². The standard InChI is InChI=1S/C24H15N4O/c1-27-24(29)28(2)26-23(25-27)17-11-15-8-7-13-4-3-12-5-6-14-9-10-16(17)22-20(14)18(12)19(13)21(15)22/h3-11H,1-2H3/q+2. The van der Waals surface area contributed by atoms with Crippen molar-refractivity contribution in [2.24, 2.45) is 5.11 Å². The average Bonchev–Trinajstić information content (AvgIpc) is 3.11. The zero-order valence-electron chi connectivity index (χ0n) is 15.9. The number of azo groups is 2. The van der Waals surface area contributed by atoms with Crippen molar-refractivity contribution in [3.63, 3.8) is 0 Å². The van der Waals surface area contributed by atoms with Gasteiger partial charge in [0.15, 0.2) is 10.2 Å². The summed E-state index contributed by atoms with van der Waals surface area (Å²) in [7, 11) is 3.32. The molecule has 2 amide bonds. The van der Waals surface area contributed by atoms with Crippen LogP contribution in [0.4, 0.5) is 4.79 Å². The molecule has 0 saturated carbocycles. The van der Waals surface area contributed by atoms with Crippen LogP contribution in [0.5, 0.6) is 0 Å². The first-order chi connectivity index (χ1) is 14.1. The molecule has 0 N–H and O–H groups in total. The van der Waals surface area contributed by atoms with Crippen LogP contribution < -0.4 is 5.10 Å². The van der Waals surface area contributed by atoms with E-state index in [0.29, 0.717) is 5.84 Å². The van der Waals surface area contributed by atoms with Crippen molar-refractivity contribution < 1.29 is 9.49 Å². The smallest absolute Gasteiger partial charge is 0.190 e. The number of amides is 2. The predicted octanol–water partition coefficient (Wildman–Crippen LogP) is 4.92. The molecule has 5 nitrogen and oxygen atoms in total. The Balaban J connectivity index is 1.74. The number of rotatable bonds is 1. The molecule has 0 bridgehead atoms. The fourth-order valence-electron chi connectivity index (χ4n) is 5.06. The van der Waals surface area contributed by atoms with Crippen LogP contribution in [0.1, 0.15) is 5.56 Å². The molecule has 0 spiro atoms. The summed E-state index contributed by atoms with van der Waals surface area (Å²) in [6.07, 6.45) is 0. The average molecular weight is 375 g/mol. The number of urea groups is 1. The molecule has 7 rings (SSSR count). The van der Waals surface area contributed by atoms with Crippen molar-refractivity contribution in [3.8, 4) is 0 Å². The molecule has 0 aromatic heterocycles. The number of carbonyl (C=O) groups is 1. The lowest BCUT2D eigenvalue weighted by atomic mass is 9.95. The van der Waals surface area contributed by atoms with Gasteiger partial charge in [0.2, 0.25) is 0 Å². The Morgan fingerprint density at radius 1 is 0.793 bits per heavy atom. The fourth-order valence-corrected chi connectivity index (χ4v) is 5.06. The summed E-state index contributed by atoms with van der Waals surface area (Å²) in [4.78, 5) is 12.1. The Bertz CT molecular complexity index is 1650. The summed E-state index contributed by atoms with van der Waals surface area (Å²) < 4.78 is 1.34. The van der Waals surface area contributed by atoms with Crippen molar-refractivity contribution in [2.75, 3.05) is 14.1 Å². The molecule has 0 unspecified atom stereocenters. The molecule has 5 heteroatoms. The largest absolute Gasteiger partial charge is 0.577 e. The molecule has 0 atom stereocenters. The second-order valence-electron chi connectivity index (χ2n) is 7.85. The van der Waals surface area contributed by atoms with Gasteiger partial charge in [0.1, 0.15) is 14.1 Å². The van der Waals surface area contributed by atoms with Gasteiger partial charge < -0.3 is 0 Å². The normalized spacial score (nSPS) is 15.7. The highest BCUT2D eigenvalue weighted by atomic mass is 16.2. The summed E-state index contributed by atoms with van der Waals surface area (Å²) in [5.41, 5.74) is 0.949. The maximum atomic E-state index is 12.1. The van der Waals surface area contributed by atoms with Gasteiger partial charge in [0, 0.05) is 0 Å². The molecule has 135 valence electrons. The Kier molecular flexibility index (Phi) is 2.48. The third-order valence-electron chi connectivity index (χ3n) is 6.30. The summed E-state index contributed by atoms with van der Waals surface area (Å²) >= 11 is 0. The van der Waals surface area contributed by atoms with Gasteiger partial charge in [-0.3, -0.25) is 0 Å². The van der Waals surface area contributed by atoms with Gasteiger partial charge in [-0.05, 0) is 69.6 Å². The number of amidine groups is 1. The minimum atomic E-state index is -0.246. The van der Waals surface area contributed by atoms with Crippen LogP contribution in [0.25, 0.3) is 53.9 Å². The van der Waals surface area contributed by atoms with E-state index in [9.17, 15) is 4.79 Å². The second-order valence-corrected chi connectivity index (χ2v) is 7.85. The number of carbonyl (C=O) groups excluding carboxylic acids is 1. The lowest BCUT2D eigenvalue weighted by Gasteiger charge is -2.08. The molecule has 6 aromatic carbocycles. The van der Waals surface area contributed by atoms with Crippen LogP contribution in [-0.4, -0.2) is 35.7 Å². The van der Waals surface area contributed by atoms with Crippen LogP contribution in [-0.2, 0) is 0 Å².